The number of aromatic nitrogens is 1. The molecule has 1 aromatic heterocycles. The molecular weight excluding hydrogens is 567 g/mol. The zero-order chi connectivity index (χ0) is 22.9. The van der Waals surface area contributed by atoms with Gasteiger partial charge in [0.25, 0.3) is 5.01 Å². The molecule has 0 N–H and O–H groups in total. The number of anilines is 1. The van der Waals surface area contributed by atoms with Crippen LogP contribution in [-0.4, -0.2) is 6.54 Å². The minimum absolute atomic E-state index is 0. The maximum atomic E-state index is 2.48. The number of thiazole rings is 1. The lowest BCUT2D eigenvalue weighted by Crippen LogP contribution is -3.00. The average molecular weight is 603 g/mol. The van der Waals surface area contributed by atoms with Gasteiger partial charge in [0.05, 0.1) is 10.7 Å². The summed E-state index contributed by atoms with van der Waals surface area (Å²) in [5.41, 5.74) is 2.71. The second-order valence-electron chi connectivity index (χ2n) is 8.44. The number of halogens is 1. The lowest BCUT2D eigenvalue weighted by molar-refractivity contribution is -0.669. The number of hydrogen-bond donors (Lipinski definition) is 0. The molecule has 3 aromatic rings. The van der Waals surface area contributed by atoms with Crippen molar-refractivity contribution in [2.75, 3.05) is 11.4 Å². The van der Waals surface area contributed by atoms with Crippen molar-refractivity contribution in [1.29, 1.82) is 0 Å². The van der Waals surface area contributed by atoms with Crippen LogP contribution in [0.15, 0.2) is 82.8 Å². The number of fused-ring (bicyclic) bond motifs is 2. The molecule has 0 aliphatic carbocycles. The number of para-hydroxylation sites is 2. The first-order chi connectivity index (χ1) is 16.3. The Balaban J connectivity index is 0.00000324. The van der Waals surface area contributed by atoms with Gasteiger partial charge in [0.15, 0.2) is 6.54 Å². The topological polar surface area (TPSA) is 7.12 Å². The minimum Gasteiger partial charge on any atom is -1.00 e. The highest BCUT2D eigenvalue weighted by molar-refractivity contribution is 8.03. The van der Waals surface area contributed by atoms with Crippen LogP contribution in [0.2, 0.25) is 0 Å². The van der Waals surface area contributed by atoms with Gasteiger partial charge in [-0.1, -0.05) is 98.7 Å². The Labute approximate surface area is 230 Å². The highest BCUT2D eigenvalue weighted by atomic mass is 127. The van der Waals surface area contributed by atoms with Gasteiger partial charge in [0, 0.05) is 30.0 Å². The van der Waals surface area contributed by atoms with Gasteiger partial charge in [-0.3, -0.25) is 0 Å². The zero-order valence-electron chi connectivity index (χ0n) is 20.3. The molecule has 4 rings (SSSR count). The van der Waals surface area contributed by atoms with Crippen LogP contribution in [0, 0.1) is 0 Å². The van der Waals surface area contributed by atoms with Crippen LogP contribution >= 0.6 is 23.1 Å². The Morgan fingerprint density at radius 1 is 0.853 bits per heavy atom. The van der Waals surface area contributed by atoms with Gasteiger partial charge in [-0.25, -0.2) is 0 Å². The number of rotatable bonds is 11. The standard InChI is InChI=1S/C29H35N2S2.HI/c1-3-5-14-22-30-24-16-10-12-18-26(24)32-28(30)20-8-7-9-21-29-31(23-15-6-4-2)25-17-11-13-19-27(25)33-29;/h7-13,16-21H,3-6,14-15,22-23H2,1-2H3;1H/q+1;/p-1. The summed E-state index contributed by atoms with van der Waals surface area (Å²) in [5.74, 6) is 0. The molecule has 34 heavy (non-hydrogen) atoms. The molecule has 0 bridgehead atoms. The Hall–Kier alpha value is -1.57. The van der Waals surface area contributed by atoms with Gasteiger partial charge in [-0.2, -0.15) is 4.57 Å². The molecule has 0 atom stereocenters. The van der Waals surface area contributed by atoms with E-state index in [0.717, 1.165) is 13.1 Å². The fourth-order valence-electron chi connectivity index (χ4n) is 4.19. The van der Waals surface area contributed by atoms with Gasteiger partial charge in [-0.15, -0.1) is 0 Å². The Bertz CT molecular complexity index is 1150. The quantitative estimate of drug-likeness (QED) is 0.122. The van der Waals surface area contributed by atoms with Crippen LogP contribution in [0.3, 0.4) is 0 Å². The summed E-state index contributed by atoms with van der Waals surface area (Å²) < 4.78 is 3.85. The number of nitrogens with zero attached hydrogens (tertiary/aromatic N) is 2. The molecule has 0 fully saturated rings. The SMILES string of the molecule is CCCCCN1C(=CC=CC=Cc2sc3ccccc3[n+]2CCCCC)Sc2ccccc21.[I-]. The molecule has 0 radical (unpaired) electrons. The maximum Gasteiger partial charge on any atom is 0.262 e. The van der Waals surface area contributed by atoms with Gasteiger partial charge >= 0.3 is 0 Å². The van der Waals surface area contributed by atoms with E-state index in [4.69, 9.17) is 0 Å². The van der Waals surface area contributed by atoms with Crippen LogP contribution in [0.25, 0.3) is 16.3 Å². The summed E-state index contributed by atoms with van der Waals surface area (Å²) in [4.78, 5) is 3.85. The molecule has 0 amide bonds. The summed E-state index contributed by atoms with van der Waals surface area (Å²) in [6.45, 7) is 6.71. The van der Waals surface area contributed by atoms with Crippen molar-refractivity contribution in [3.63, 3.8) is 0 Å². The van der Waals surface area contributed by atoms with E-state index in [0.29, 0.717) is 0 Å². The number of benzene rings is 2. The van der Waals surface area contributed by atoms with E-state index in [1.807, 2.05) is 23.1 Å². The van der Waals surface area contributed by atoms with Crippen LogP contribution in [-0.2, 0) is 6.54 Å². The molecule has 2 heterocycles. The molecule has 2 aromatic carbocycles. The molecular formula is C29H35IN2S2. The first kappa shape index (κ1) is 27.0. The lowest BCUT2D eigenvalue weighted by atomic mass is 10.2. The van der Waals surface area contributed by atoms with E-state index in [1.54, 1.807) is 0 Å². The Morgan fingerprint density at radius 2 is 1.62 bits per heavy atom. The van der Waals surface area contributed by atoms with Crippen molar-refractivity contribution in [2.24, 2.45) is 0 Å². The predicted octanol–water partition coefficient (Wildman–Crippen LogP) is 5.60. The molecule has 2 nitrogen and oxygen atoms in total. The third-order valence-corrected chi connectivity index (χ3v) is 8.21. The van der Waals surface area contributed by atoms with E-state index in [1.165, 1.54) is 69.4 Å². The van der Waals surface area contributed by atoms with Crippen LogP contribution < -0.4 is 33.4 Å². The first-order valence-corrected chi connectivity index (χ1v) is 14.0. The van der Waals surface area contributed by atoms with E-state index in [2.05, 4.69) is 102 Å². The highest BCUT2D eigenvalue weighted by Crippen LogP contribution is 2.45. The summed E-state index contributed by atoms with van der Waals surface area (Å²) in [6, 6.07) is 17.5. The summed E-state index contributed by atoms with van der Waals surface area (Å²) in [7, 11) is 0. The number of allylic oxidation sites excluding steroid dienone is 4. The van der Waals surface area contributed by atoms with Crippen molar-refractivity contribution in [1.82, 2.24) is 0 Å². The second-order valence-corrected chi connectivity index (χ2v) is 10.6. The minimum atomic E-state index is 0. The van der Waals surface area contributed by atoms with Crippen LogP contribution in [0.4, 0.5) is 5.69 Å². The van der Waals surface area contributed by atoms with Crippen molar-refractivity contribution < 1.29 is 28.5 Å². The average Bonchev–Trinajstić information content (AvgIpc) is 3.37. The monoisotopic (exact) mass is 602 g/mol. The van der Waals surface area contributed by atoms with Crippen molar-refractivity contribution >= 4 is 45.1 Å². The van der Waals surface area contributed by atoms with E-state index in [-0.39, 0.29) is 24.0 Å². The third-order valence-electron chi connectivity index (χ3n) is 5.94. The van der Waals surface area contributed by atoms with Crippen molar-refractivity contribution in [2.45, 2.75) is 63.8 Å². The largest absolute Gasteiger partial charge is 1.00 e. The normalized spacial score (nSPS) is 14.5. The number of thioether (sulfide) groups is 1. The molecule has 0 unspecified atom stereocenters. The number of aryl methyl sites for hydroxylation is 1. The zero-order valence-corrected chi connectivity index (χ0v) is 24.0. The summed E-state index contributed by atoms with van der Waals surface area (Å²) in [5, 5.41) is 2.65. The smallest absolute Gasteiger partial charge is 0.262 e. The van der Waals surface area contributed by atoms with Crippen LogP contribution in [0.1, 0.15) is 57.4 Å². The van der Waals surface area contributed by atoms with E-state index < -0.39 is 0 Å². The van der Waals surface area contributed by atoms with Gasteiger partial charge in [0.1, 0.15) is 4.70 Å². The Morgan fingerprint density at radius 3 is 2.47 bits per heavy atom. The van der Waals surface area contributed by atoms with Gasteiger partial charge < -0.3 is 28.9 Å². The second kappa shape index (κ2) is 14.1. The fraction of sp³-hybridized carbons (Fsp3) is 0.345. The predicted molar refractivity (Wildman–Crippen MR) is 147 cm³/mol. The Kier molecular flexibility index (Phi) is 11.2. The molecule has 5 heteroatoms. The molecule has 0 spiro atoms. The molecule has 1 aliphatic rings. The molecule has 0 saturated carbocycles. The van der Waals surface area contributed by atoms with E-state index >= 15 is 0 Å². The molecule has 180 valence electrons. The van der Waals surface area contributed by atoms with Crippen molar-refractivity contribution in [3.8, 4) is 0 Å². The molecule has 1 aliphatic heterocycles. The van der Waals surface area contributed by atoms with Crippen LogP contribution in [0.5, 0.6) is 0 Å². The first-order valence-electron chi connectivity index (χ1n) is 12.3. The van der Waals surface area contributed by atoms with E-state index in [9.17, 15) is 0 Å². The maximum absolute atomic E-state index is 2.48. The highest BCUT2D eigenvalue weighted by Gasteiger charge is 2.23. The van der Waals surface area contributed by atoms with Gasteiger partial charge in [0.2, 0.25) is 5.52 Å². The lowest BCUT2D eigenvalue weighted by Gasteiger charge is -2.20. The number of hydrogen-bond acceptors (Lipinski definition) is 3. The van der Waals surface area contributed by atoms with Gasteiger partial charge in [-0.05, 0) is 37.1 Å². The summed E-state index contributed by atoms with van der Waals surface area (Å²) in [6.07, 6.45) is 18.6. The fourth-order valence-corrected chi connectivity index (χ4v) is 6.40. The van der Waals surface area contributed by atoms with Crippen molar-refractivity contribution in [3.05, 3.63) is 82.9 Å². The summed E-state index contributed by atoms with van der Waals surface area (Å²) >= 11 is 3.77. The molecule has 0 saturated heterocycles. The number of unbranched alkanes of at least 4 members (excludes halogenated alkanes) is 4. The third kappa shape index (κ3) is 6.76.